The molecule has 1 heterocycles. The van der Waals surface area contributed by atoms with E-state index in [4.69, 9.17) is 17.0 Å². The van der Waals surface area contributed by atoms with Crippen LogP contribution >= 0.6 is 44.1 Å². The second-order valence-corrected chi connectivity index (χ2v) is 8.47. The van der Waals surface area contributed by atoms with Crippen molar-refractivity contribution in [2.75, 3.05) is 13.1 Å². The molecule has 0 saturated carbocycles. The fraction of sp³-hybridized carbons (Fsp3) is 0.300. The molecule has 0 amide bonds. The van der Waals surface area contributed by atoms with Crippen LogP contribution in [0.15, 0.2) is 45.3 Å². The van der Waals surface area contributed by atoms with Gasteiger partial charge in [-0.15, -0.1) is 0 Å². The van der Waals surface area contributed by atoms with Gasteiger partial charge >= 0.3 is 5.97 Å². The molecule has 2 aromatic rings. The SMILES string of the molecule is Cc1ccc(C(=O)Oc2c(Br)cc(C(=S)N3CCCCC3)cc2Br)cc1. The maximum Gasteiger partial charge on any atom is 0.343 e. The van der Waals surface area contributed by atoms with Crippen LogP contribution in [0.2, 0.25) is 0 Å². The number of benzene rings is 2. The number of likely N-dealkylation sites (tertiary alicyclic amines) is 1. The predicted octanol–water partition coefficient (Wildman–Crippen LogP) is 5.90. The first-order valence-corrected chi connectivity index (χ1v) is 10.5. The normalized spacial score (nSPS) is 14.2. The van der Waals surface area contributed by atoms with E-state index in [1.807, 2.05) is 31.2 Å². The van der Waals surface area contributed by atoms with Gasteiger partial charge in [0.15, 0.2) is 5.75 Å². The Morgan fingerprint density at radius 1 is 1.00 bits per heavy atom. The third-order valence-electron chi connectivity index (χ3n) is 4.37. The number of hydrogen-bond acceptors (Lipinski definition) is 3. The van der Waals surface area contributed by atoms with E-state index in [2.05, 4.69) is 36.8 Å². The highest BCUT2D eigenvalue weighted by atomic mass is 79.9. The van der Waals surface area contributed by atoms with Gasteiger partial charge in [-0.2, -0.15) is 0 Å². The first-order valence-electron chi connectivity index (χ1n) is 8.53. The third-order valence-corrected chi connectivity index (χ3v) is 6.04. The van der Waals surface area contributed by atoms with E-state index in [-0.39, 0.29) is 0 Å². The van der Waals surface area contributed by atoms with E-state index in [0.29, 0.717) is 20.3 Å². The van der Waals surface area contributed by atoms with Crippen molar-refractivity contribution >= 4 is 55.0 Å². The molecule has 3 nitrogen and oxygen atoms in total. The highest BCUT2D eigenvalue weighted by Crippen LogP contribution is 2.36. The predicted molar refractivity (Wildman–Crippen MR) is 115 cm³/mol. The second kappa shape index (κ2) is 8.63. The number of hydrogen-bond donors (Lipinski definition) is 0. The summed E-state index contributed by atoms with van der Waals surface area (Å²) in [5.41, 5.74) is 2.55. The summed E-state index contributed by atoms with van der Waals surface area (Å²) in [6.45, 7) is 3.97. The van der Waals surface area contributed by atoms with E-state index >= 15 is 0 Å². The van der Waals surface area contributed by atoms with Gasteiger partial charge in [-0.25, -0.2) is 4.79 Å². The molecule has 0 bridgehead atoms. The van der Waals surface area contributed by atoms with Crippen LogP contribution in [0, 0.1) is 6.92 Å². The summed E-state index contributed by atoms with van der Waals surface area (Å²) in [7, 11) is 0. The maximum atomic E-state index is 12.4. The number of thiocarbonyl (C=S) groups is 1. The van der Waals surface area contributed by atoms with Gasteiger partial charge < -0.3 is 9.64 Å². The minimum Gasteiger partial charge on any atom is -0.421 e. The lowest BCUT2D eigenvalue weighted by molar-refractivity contribution is 0.0732. The average molecular weight is 497 g/mol. The quantitative estimate of drug-likeness (QED) is 0.300. The molecule has 136 valence electrons. The smallest absolute Gasteiger partial charge is 0.343 e. The van der Waals surface area contributed by atoms with Crippen LogP contribution in [0.25, 0.3) is 0 Å². The molecular weight excluding hydrogens is 478 g/mol. The van der Waals surface area contributed by atoms with Gasteiger partial charge in [0.1, 0.15) is 4.99 Å². The average Bonchev–Trinajstić information content (AvgIpc) is 2.65. The van der Waals surface area contributed by atoms with Crippen molar-refractivity contribution in [3.05, 3.63) is 62.0 Å². The van der Waals surface area contributed by atoms with Crippen molar-refractivity contribution in [1.82, 2.24) is 4.90 Å². The van der Waals surface area contributed by atoms with Gasteiger partial charge in [0, 0.05) is 18.7 Å². The molecule has 0 spiro atoms. The molecule has 0 unspecified atom stereocenters. The Labute approximate surface area is 176 Å². The number of carbonyl (C=O) groups excluding carboxylic acids is 1. The van der Waals surface area contributed by atoms with Crippen molar-refractivity contribution in [3.8, 4) is 5.75 Å². The number of nitrogens with zero attached hydrogens (tertiary/aromatic N) is 1. The number of carbonyl (C=O) groups is 1. The van der Waals surface area contributed by atoms with Crippen LogP contribution in [0.1, 0.15) is 40.7 Å². The Morgan fingerprint density at radius 3 is 2.15 bits per heavy atom. The van der Waals surface area contributed by atoms with Crippen LogP contribution in [0.4, 0.5) is 0 Å². The van der Waals surface area contributed by atoms with Gasteiger partial charge in [-0.3, -0.25) is 0 Å². The molecular formula is C20H19Br2NO2S. The lowest BCUT2D eigenvalue weighted by Crippen LogP contribution is -2.34. The van der Waals surface area contributed by atoms with E-state index in [0.717, 1.165) is 29.2 Å². The van der Waals surface area contributed by atoms with Gasteiger partial charge in [0.2, 0.25) is 0 Å². The monoisotopic (exact) mass is 495 g/mol. The highest BCUT2D eigenvalue weighted by molar-refractivity contribution is 9.11. The van der Waals surface area contributed by atoms with E-state index in [9.17, 15) is 4.79 Å². The zero-order valence-electron chi connectivity index (χ0n) is 14.4. The molecule has 3 rings (SSSR count). The summed E-state index contributed by atoms with van der Waals surface area (Å²) in [4.78, 5) is 15.5. The summed E-state index contributed by atoms with van der Waals surface area (Å²) >= 11 is 12.7. The lowest BCUT2D eigenvalue weighted by atomic mass is 10.1. The molecule has 0 atom stereocenters. The van der Waals surface area contributed by atoms with Crippen LogP contribution in [-0.4, -0.2) is 28.9 Å². The molecule has 0 N–H and O–H groups in total. The number of esters is 1. The zero-order valence-corrected chi connectivity index (χ0v) is 18.4. The zero-order chi connectivity index (χ0) is 18.7. The number of halogens is 2. The summed E-state index contributed by atoms with van der Waals surface area (Å²) in [6, 6.07) is 11.1. The Hall–Kier alpha value is -1.24. The minimum absolute atomic E-state index is 0.391. The number of ether oxygens (including phenoxy) is 1. The van der Waals surface area contributed by atoms with Crippen molar-refractivity contribution in [1.29, 1.82) is 0 Å². The Balaban J connectivity index is 1.79. The maximum absolute atomic E-state index is 12.4. The topological polar surface area (TPSA) is 29.5 Å². The van der Waals surface area contributed by atoms with Gasteiger partial charge in [0.05, 0.1) is 14.5 Å². The van der Waals surface area contributed by atoms with Gasteiger partial charge in [0.25, 0.3) is 0 Å². The lowest BCUT2D eigenvalue weighted by Gasteiger charge is -2.29. The molecule has 1 aliphatic rings. The molecule has 2 aromatic carbocycles. The Kier molecular flexibility index (Phi) is 6.48. The van der Waals surface area contributed by atoms with Crippen LogP contribution in [0.3, 0.4) is 0 Å². The van der Waals surface area contributed by atoms with Crippen LogP contribution in [0.5, 0.6) is 5.75 Å². The first kappa shape index (κ1) is 19.5. The summed E-state index contributed by atoms with van der Waals surface area (Å²) in [5, 5.41) is 0. The Morgan fingerprint density at radius 2 is 1.58 bits per heavy atom. The molecule has 0 aliphatic carbocycles. The number of rotatable bonds is 3. The summed E-state index contributed by atoms with van der Waals surface area (Å²) in [5.74, 6) is 0.0681. The third kappa shape index (κ3) is 4.53. The van der Waals surface area contributed by atoms with Crippen molar-refractivity contribution in [2.24, 2.45) is 0 Å². The minimum atomic E-state index is -0.391. The highest BCUT2D eigenvalue weighted by Gasteiger charge is 2.19. The number of aryl methyl sites for hydroxylation is 1. The fourth-order valence-electron chi connectivity index (χ4n) is 2.90. The van der Waals surface area contributed by atoms with E-state index in [1.165, 1.54) is 19.3 Å². The van der Waals surface area contributed by atoms with Gasteiger partial charge in [-0.1, -0.05) is 29.9 Å². The van der Waals surface area contributed by atoms with Crippen molar-refractivity contribution in [2.45, 2.75) is 26.2 Å². The molecule has 0 radical (unpaired) electrons. The van der Waals surface area contributed by atoms with E-state index in [1.54, 1.807) is 12.1 Å². The molecule has 26 heavy (non-hydrogen) atoms. The summed E-state index contributed by atoms with van der Waals surface area (Å²) < 4.78 is 6.98. The van der Waals surface area contributed by atoms with Crippen LogP contribution < -0.4 is 4.74 Å². The molecule has 1 aliphatic heterocycles. The fourth-order valence-corrected chi connectivity index (χ4v) is 4.55. The largest absolute Gasteiger partial charge is 0.421 e. The van der Waals surface area contributed by atoms with Crippen molar-refractivity contribution < 1.29 is 9.53 Å². The van der Waals surface area contributed by atoms with Crippen molar-refractivity contribution in [3.63, 3.8) is 0 Å². The summed E-state index contributed by atoms with van der Waals surface area (Å²) in [6.07, 6.45) is 3.61. The van der Waals surface area contributed by atoms with E-state index < -0.39 is 5.97 Å². The molecule has 1 saturated heterocycles. The standard InChI is InChI=1S/C20H19Br2NO2S/c1-13-5-7-14(8-6-13)20(24)25-18-16(21)11-15(12-17(18)22)19(26)23-9-3-2-4-10-23/h5-8,11-12H,2-4,9-10H2,1H3. The second-order valence-electron chi connectivity index (χ2n) is 6.38. The molecule has 6 heteroatoms. The first-order chi connectivity index (χ1) is 12.5. The number of piperidine rings is 1. The molecule has 0 aromatic heterocycles. The van der Waals surface area contributed by atoms with Crippen LogP contribution in [-0.2, 0) is 0 Å². The van der Waals surface area contributed by atoms with Gasteiger partial charge in [-0.05, 0) is 82.3 Å². The Bertz CT molecular complexity index is 807. The molecule has 1 fully saturated rings.